The van der Waals surface area contributed by atoms with Gasteiger partial charge in [-0.2, -0.15) is 0 Å². The zero-order valence-electron chi connectivity index (χ0n) is 15.0. The highest BCUT2D eigenvalue weighted by molar-refractivity contribution is 7.92. The van der Waals surface area contributed by atoms with Crippen molar-refractivity contribution in [3.8, 4) is 17.2 Å². The summed E-state index contributed by atoms with van der Waals surface area (Å²) < 4.78 is 43.4. The Labute approximate surface area is 161 Å². The molecule has 0 saturated heterocycles. The Morgan fingerprint density at radius 1 is 1.07 bits per heavy atom. The van der Waals surface area contributed by atoms with Gasteiger partial charge in [0.2, 0.25) is 5.75 Å². The van der Waals surface area contributed by atoms with Crippen LogP contribution in [0.1, 0.15) is 15.9 Å². The number of hydrogen-bond donors (Lipinski definition) is 2. The minimum absolute atomic E-state index is 0.00109. The largest absolute Gasteiger partial charge is 0.493 e. The Kier molecular flexibility index (Phi) is 6.07. The van der Waals surface area contributed by atoms with Gasteiger partial charge < -0.3 is 19.3 Å². The molecule has 2 aromatic rings. The summed E-state index contributed by atoms with van der Waals surface area (Å²) in [5, 5.41) is 9.51. The van der Waals surface area contributed by atoms with E-state index in [0.717, 1.165) is 11.6 Å². The molecule has 10 heteroatoms. The lowest BCUT2D eigenvalue weighted by atomic mass is 10.1. The van der Waals surface area contributed by atoms with Crippen LogP contribution in [0.3, 0.4) is 0 Å². The molecule has 0 fully saturated rings. The van der Waals surface area contributed by atoms with Gasteiger partial charge in [-0.05, 0) is 24.6 Å². The van der Waals surface area contributed by atoms with Crippen molar-refractivity contribution in [1.82, 2.24) is 0 Å². The van der Waals surface area contributed by atoms with Crippen LogP contribution in [0.2, 0.25) is 5.02 Å². The predicted octanol–water partition coefficient (Wildman–Crippen LogP) is 3.17. The first kappa shape index (κ1) is 20.7. The number of benzene rings is 2. The highest BCUT2D eigenvalue weighted by Gasteiger charge is 2.28. The molecule has 0 saturated carbocycles. The van der Waals surface area contributed by atoms with Gasteiger partial charge in [0.05, 0.1) is 31.9 Å². The van der Waals surface area contributed by atoms with Crippen molar-refractivity contribution in [1.29, 1.82) is 0 Å². The number of sulfonamides is 1. The Balaban J connectivity index is 2.71. The minimum atomic E-state index is -4.22. The topological polar surface area (TPSA) is 111 Å². The molecule has 27 heavy (non-hydrogen) atoms. The molecule has 0 aliphatic heterocycles. The van der Waals surface area contributed by atoms with Crippen LogP contribution in [0.15, 0.2) is 29.2 Å². The second kappa shape index (κ2) is 7.93. The third kappa shape index (κ3) is 4.04. The Bertz CT molecular complexity index is 989. The van der Waals surface area contributed by atoms with Crippen LogP contribution in [-0.2, 0) is 10.0 Å². The molecule has 8 nitrogen and oxygen atoms in total. The lowest BCUT2D eigenvalue weighted by Crippen LogP contribution is -2.17. The molecule has 2 rings (SSSR count). The summed E-state index contributed by atoms with van der Waals surface area (Å²) in [6.07, 6.45) is 0. The van der Waals surface area contributed by atoms with Gasteiger partial charge in [-0.3, -0.25) is 4.72 Å². The van der Waals surface area contributed by atoms with Crippen LogP contribution in [0.25, 0.3) is 0 Å². The number of carbonyl (C=O) groups is 1. The fourth-order valence-corrected chi connectivity index (χ4v) is 4.12. The molecular formula is C17H18ClNO7S. The van der Waals surface area contributed by atoms with Crippen LogP contribution in [0, 0.1) is 6.92 Å². The molecule has 0 radical (unpaired) electrons. The van der Waals surface area contributed by atoms with E-state index >= 15 is 0 Å². The maximum atomic E-state index is 12.8. The summed E-state index contributed by atoms with van der Waals surface area (Å²) in [5.41, 5.74) is 0.0875. The van der Waals surface area contributed by atoms with Crippen LogP contribution < -0.4 is 18.9 Å². The molecular weight excluding hydrogens is 398 g/mol. The van der Waals surface area contributed by atoms with Crippen molar-refractivity contribution >= 4 is 33.3 Å². The minimum Gasteiger partial charge on any atom is -0.493 e. The third-order valence-electron chi connectivity index (χ3n) is 3.67. The number of aromatic carboxylic acids is 1. The summed E-state index contributed by atoms with van der Waals surface area (Å²) in [5.74, 6) is -1.41. The quantitative estimate of drug-likeness (QED) is 0.714. The number of aryl methyl sites for hydroxylation is 1. The van der Waals surface area contributed by atoms with E-state index in [-0.39, 0.29) is 38.4 Å². The lowest BCUT2D eigenvalue weighted by molar-refractivity contribution is 0.0697. The number of carboxylic acid groups (broad SMARTS) is 1. The maximum absolute atomic E-state index is 12.8. The molecule has 0 heterocycles. The molecule has 0 aliphatic rings. The van der Waals surface area contributed by atoms with E-state index in [1.54, 1.807) is 13.0 Å². The second-order valence-corrected chi connectivity index (χ2v) is 7.47. The number of carboxylic acids is 1. The third-order valence-corrected chi connectivity index (χ3v) is 5.51. The smallest absolute Gasteiger partial charge is 0.338 e. The summed E-state index contributed by atoms with van der Waals surface area (Å²) in [7, 11) is -0.332. The van der Waals surface area contributed by atoms with Gasteiger partial charge in [0, 0.05) is 6.07 Å². The van der Waals surface area contributed by atoms with Crippen molar-refractivity contribution in [2.75, 3.05) is 26.1 Å². The standard InChI is InChI=1S/C17H18ClNO7S/c1-9-5-6-13(11(18)7-9)27(22,23)19-14-10(17(20)21)8-12(24-2)15(25-3)16(14)26-4/h5-8,19H,1-4H3,(H,20,21). The number of anilines is 1. The van der Waals surface area contributed by atoms with Crippen molar-refractivity contribution in [3.63, 3.8) is 0 Å². The van der Waals surface area contributed by atoms with Gasteiger partial charge in [-0.25, -0.2) is 13.2 Å². The molecule has 2 aromatic carbocycles. The van der Waals surface area contributed by atoms with Crippen molar-refractivity contribution in [3.05, 3.63) is 40.4 Å². The van der Waals surface area contributed by atoms with Crippen LogP contribution in [0.4, 0.5) is 5.69 Å². The molecule has 0 unspecified atom stereocenters. The predicted molar refractivity (Wildman–Crippen MR) is 100 cm³/mol. The SMILES string of the molecule is COc1cc(C(=O)O)c(NS(=O)(=O)c2ccc(C)cc2Cl)c(OC)c1OC. The number of nitrogens with one attached hydrogen (secondary N) is 1. The molecule has 0 aromatic heterocycles. The van der Waals surface area contributed by atoms with Crippen molar-refractivity contribution in [2.24, 2.45) is 0 Å². The average molecular weight is 416 g/mol. The van der Waals surface area contributed by atoms with E-state index in [1.165, 1.54) is 33.5 Å². The Hall–Kier alpha value is -2.65. The molecule has 0 aliphatic carbocycles. The van der Waals surface area contributed by atoms with E-state index in [4.69, 9.17) is 25.8 Å². The maximum Gasteiger partial charge on any atom is 0.338 e. The van der Waals surface area contributed by atoms with Gasteiger partial charge in [-0.15, -0.1) is 0 Å². The average Bonchev–Trinajstić information content (AvgIpc) is 2.59. The molecule has 0 amide bonds. The molecule has 0 bridgehead atoms. The summed E-state index contributed by atoms with van der Waals surface area (Å²) in [6.45, 7) is 1.76. The summed E-state index contributed by atoms with van der Waals surface area (Å²) >= 11 is 6.05. The van der Waals surface area contributed by atoms with Crippen LogP contribution >= 0.6 is 11.6 Å². The van der Waals surface area contributed by atoms with E-state index in [2.05, 4.69) is 4.72 Å². The van der Waals surface area contributed by atoms with E-state index in [9.17, 15) is 18.3 Å². The first-order valence-electron chi connectivity index (χ1n) is 7.51. The van der Waals surface area contributed by atoms with Crippen LogP contribution in [0.5, 0.6) is 17.2 Å². The molecule has 0 spiro atoms. The molecule has 146 valence electrons. The van der Waals surface area contributed by atoms with Gasteiger partial charge in [-0.1, -0.05) is 17.7 Å². The lowest BCUT2D eigenvalue weighted by Gasteiger charge is -2.19. The zero-order valence-corrected chi connectivity index (χ0v) is 16.6. The second-order valence-electron chi connectivity index (χ2n) is 5.41. The van der Waals surface area contributed by atoms with E-state index in [0.29, 0.717) is 0 Å². The fourth-order valence-electron chi connectivity index (χ4n) is 2.44. The number of halogens is 1. The normalized spacial score (nSPS) is 11.0. The Morgan fingerprint density at radius 2 is 1.70 bits per heavy atom. The van der Waals surface area contributed by atoms with Gasteiger partial charge >= 0.3 is 5.97 Å². The zero-order chi connectivity index (χ0) is 20.4. The summed E-state index contributed by atoms with van der Waals surface area (Å²) in [4.78, 5) is 11.5. The highest BCUT2D eigenvalue weighted by atomic mass is 35.5. The number of rotatable bonds is 7. The van der Waals surface area contributed by atoms with Gasteiger partial charge in [0.15, 0.2) is 11.5 Å². The van der Waals surface area contributed by atoms with E-state index < -0.39 is 16.0 Å². The first-order chi connectivity index (χ1) is 12.7. The van der Waals surface area contributed by atoms with Crippen molar-refractivity contribution in [2.45, 2.75) is 11.8 Å². The number of ether oxygens (including phenoxy) is 3. The molecule has 0 atom stereocenters. The van der Waals surface area contributed by atoms with Crippen molar-refractivity contribution < 1.29 is 32.5 Å². The fraction of sp³-hybridized carbons (Fsp3) is 0.235. The first-order valence-corrected chi connectivity index (χ1v) is 9.37. The molecule has 2 N–H and O–H groups in total. The Morgan fingerprint density at radius 3 is 2.19 bits per heavy atom. The van der Waals surface area contributed by atoms with Gasteiger partial charge in [0.25, 0.3) is 10.0 Å². The van der Waals surface area contributed by atoms with Gasteiger partial charge in [0.1, 0.15) is 10.6 Å². The van der Waals surface area contributed by atoms with E-state index in [1.807, 2.05) is 0 Å². The van der Waals surface area contributed by atoms with Crippen LogP contribution in [-0.4, -0.2) is 40.8 Å². The number of methoxy groups -OCH3 is 3. The monoisotopic (exact) mass is 415 g/mol. The number of hydrogen-bond acceptors (Lipinski definition) is 6. The summed E-state index contributed by atoms with van der Waals surface area (Å²) in [6, 6.07) is 5.52. The highest BCUT2D eigenvalue weighted by Crippen LogP contribution is 2.46.